The van der Waals surface area contributed by atoms with Crippen molar-refractivity contribution in [3.8, 4) is 0 Å². The molecule has 136 valence electrons. The Morgan fingerprint density at radius 2 is 1.65 bits per heavy atom. The van der Waals surface area contributed by atoms with Gasteiger partial charge < -0.3 is 9.64 Å². The molecule has 0 spiro atoms. The van der Waals surface area contributed by atoms with E-state index < -0.39 is 0 Å². The number of carbonyl (C=O) groups excluding carboxylic acids is 1. The molecule has 3 nitrogen and oxygen atoms in total. The Morgan fingerprint density at radius 3 is 2.09 bits per heavy atom. The summed E-state index contributed by atoms with van der Waals surface area (Å²) in [7, 11) is 0. The maximum absolute atomic E-state index is 13.3. The quantitative estimate of drug-likeness (QED) is 0.644. The zero-order chi connectivity index (χ0) is 17.6. The van der Waals surface area contributed by atoms with Crippen molar-refractivity contribution in [2.45, 2.75) is 86.4 Å². The van der Waals surface area contributed by atoms with Gasteiger partial charge in [0.25, 0.3) is 0 Å². The normalized spacial score (nSPS) is 28.9. The van der Waals surface area contributed by atoms with E-state index in [1.165, 1.54) is 0 Å². The van der Waals surface area contributed by atoms with E-state index in [0.717, 1.165) is 38.8 Å². The van der Waals surface area contributed by atoms with E-state index in [1.54, 1.807) is 0 Å². The molecule has 0 aromatic heterocycles. The minimum Gasteiger partial charge on any atom is -0.376 e. The lowest BCUT2D eigenvalue weighted by molar-refractivity contribution is -0.144. The van der Waals surface area contributed by atoms with E-state index in [-0.39, 0.29) is 18.1 Å². The summed E-state index contributed by atoms with van der Waals surface area (Å²) in [5.74, 6) is 2.01. The third-order valence-electron chi connectivity index (χ3n) is 5.71. The maximum atomic E-state index is 13.3. The van der Waals surface area contributed by atoms with Gasteiger partial charge >= 0.3 is 0 Å². The molecule has 1 aliphatic heterocycles. The van der Waals surface area contributed by atoms with Gasteiger partial charge in [-0.2, -0.15) is 0 Å². The predicted molar refractivity (Wildman–Crippen MR) is 97.4 cm³/mol. The Labute approximate surface area is 144 Å². The van der Waals surface area contributed by atoms with Crippen LogP contribution < -0.4 is 0 Å². The number of amides is 1. The molecule has 1 rings (SSSR count). The first-order valence-corrected chi connectivity index (χ1v) is 9.78. The van der Waals surface area contributed by atoms with Gasteiger partial charge in [0.2, 0.25) is 5.91 Å². The van der Waals surface area contributed by atoms with Gasteiger partial charge in [-0.25, -0.2) is 0 Å². The molecule has 0 bridgehead atoms. The minimum atomic E-state index is 0.151. The number of rotatable bonds is 8. The molecule has 23 heavy (non-hydrogen) atoms. The summed E-state index contributed by atoms with van der Waals surface area (Å²) < 4.78 is 5.90. The molecule has 0 aromatic carbocycles. The SMILES string of the molecule is CCC(C)CN(CC)C(=O)C(C(C)CC)C1CC(C)OC(C)C1. The van der Waals surface area contributed by atoms with Crippen molar-refractivity contribution in [3.05, 3.63) is 0 Å². The van der Waals surface area contributed by atoms with Gasteiger partial charge in [0.05, 0.1) is 12.2 Å². The van der Waals surface area contributed by atoms with Crippen LogP contribution in [0.2, 0.25) is 0 Å². The van der Waals surface area contributed by atoms with Crippen molar-refractivity contribution in [1.82, 2.24) is 4.90 Å². The lowest BCUT2D eigenvalue weighted by Crippen LogP contribution is -2.46. The smallest absolute Gasteiger partial charge is 0.226 e. The van der Waals surface area contributed by atoms with E-state index >= 15 is 0 Å². The second kappa shape index (κ2) is 9.66. The van der Waals surface area contributed by atoms with Crippen LogP contribution in [0.3, 0.4) is 0 Å². The fraction of sp³-hybridized carbons (Fsp3) is 0.950. The van der Waals surface area contributed by atoms with Gasteiger partial charge in [0.1, 0.15) is 0 Å². The predicted octanol–water partition coefficient (Wildman–Crippen LogP) is 4.75. The molecule has 5 unspecified atom stereocenters. The third kappa shape index (κ3) is 5.77. The van der Waals surface area contributed by atoms with E-state index in [0.29, 0.717) is 23.7 Å². The van der Waals surface area contributed by atoms with Gasteiger partial charge in [0, 0.05) is 19.0 Å². The van der Waals surface area contributed by atoms with Crippen molar-refractivity contribution in [1.29, 1.82) is 0 Å². The summed E-state index contributed by atoms with van der Waals surface area (Å²) in [4.78, 5) is 15.4. The number of nitrogens with zero attached hydrogens (tertiary/aromatic N) is 1. The first kappa shape index (κ1) is 20.5. The molecule has 0 N–H and O–H groups in total. The fourth-order valence-corrected chi connectivity index (χ4v) is 4.00. The number of hydrogen-bond donors (Lipinski definition) is 0. The molecular weight excluding hydrogens is 286 g/mol. The van der Waals surface area contributed by atoms with Crippen LogP contribution in [0.5, 0.6) is 0 Å². The summed E-state index contributed by atoms with van der Waals surface area (Å²) in [6, 6.07) is 0. The van der Waals surface area contributed by atoms with Crippen molar-refractivity contribution in [2.75, 3.05) is 13.1 Å². The van der Waals surface area contributed by atoms with Crippen molar-refractivity contribution in [2.24, 2.45) is 23.7 Å². The fourth-order valence-electron chi connectivity index (χ4n) is 4.00. The van der Waals surface area contributed by atoms with Crippen LogP contribution in [-0.4, -0.2) is 36.1 Å². The number of carbonyl (C=O) groups is 1. The monoisotopic (exact) mass is 325 g/mol. The molecule has 1 aliphatic rings. The highest BCUT2D eigenvalue weighted by Crippen LogP contribution is 2.36. The van der Waals surface area contributed by atoms with Crippen LogP contribution in [0, 0.1) is 23.7 Å². The first-order chi connectivity index (χ1) is 10.8. The summed E-state index contributed by atoms with van der Waals surface area (Å²) in [5, 5.41) is 0. The Balaban J connectivity index is 2.93. The van der Waals surface area contributed by atoms with Crippen LogP contribution in [0.25, 0.3) is 0 Å². The van der Waals surface area contributed by atoms with Crippen LogP contribution in [0.1, 0.15) is 74.1 Å². The Kier molecular flexibility index (Phi) is 8.60. The molecule has 5 atom stereocenters. The maximum Gasteiger partial charge on any atom is 0.226 e. The molecule has 3 heteroatoms. The number of hydrogen-bond acceptors (Lipinski definition) is 2. The first-order valence-electron chi connectivity index (χ1n) is 9.78. The van der Waals surface area contributed by atoms with Crippen molar-refractivity contribution >= 4 is 5.91 Å². The number of ether oxygens (including phenoxy) is 1. The minimum absolute atomic E-state index is 0.151. The highest BCUT2D eigenvalue weighted by Gasteiger charge is 2.38. The Hall–Kier alpha value is -0.570. The van der Waals surface area contributed by atoms with E-state index in [2.05, 4.69) is 53.4 Å². The van der Waals surface area contributed by atoms with Gasteiger partial charge in [-0.1, -0.05) is 40.5 Å². The average Bonchev–Trinajstić information content (AvgIpc) is 2.51. The van der Waals surface area contributed by atoms with Crippen molar-refractivity contribution in [3.63, 3.8) is 0 Å². The standard InChI is InChI=1S/C20H39NO2/c1-8-14(4)13-21(10-3)20(22)19(15(5)9-2)18-11-16(6)23-17(7)12-18/h14-19H,8-13H2,1-7H3. The second-order valence-electron chi connectivity index (χ2n) is 7.79. The topological polar surface area (TPSA) is 29.5 Å². The van der Waals surface area contributed by atoms with Crippen LogP contribution in [0.4, 0.5) is 0 Å². The van der Waals surface area contributed by atoms with Crippen LogP contribution in [-0.2, 0) is 9.53 Å². The van der Waals surface area contributed by atoms with Gasteiger partial charge in [-0.3, -0.25) is 4.79 Å². The van der Waals surface area contributed by atoms with E-state index in [9.17, 15) is 4.79 Å². The lowest BCUT2D eigenvalue weighted by atomic mass is 9.74. The lowest BCUT2D eigenvalue weighted by Gasteiger charge is -2.40. The molecule has 0 saturated carbocycles. The molecule has 1 amide bonds. The van der Waals surface area contributed by atoms with Crippen LogP contribution in [0.15, 0.2) is 0 Å². The third-order valence-corrected chi connectivity index (χ3v) is 5.71. The molecular formula is C20H39NO2. The molecule has 0 aliphatic carbocycles. The summed E-state index contributed by atoms with van der Waals surface area (Å²) in [5.41, 5.74) is 0. The molecule has 0 aromatic rings. The highest BCUT2D eigenvalue weighted by atomic mass is 16.5. The van der Waals surface area contributed by atoms with Gasteiger partial charge in [0.15, 0.2) is 0 Å². The molecule has 0 radical (unpaired) electrons. The average molecular weight is 326 g/mol. The molecule has 1 saturated heterocycles. The largest absolute Gasteiger partial charge is 0.376 e. The molecule has 1 heterocycles. The summed E-state index contributed by atoms with van der Waals surface area (Å²) >= 11 is 0. The Morgan fingerprint density at radius 1 is 1.09 bits per heavy atom. The zero-order valence-electron chi connectivity index (χ0n) is 16.5. The Bertz CT molecular complexity index is 348. The van der Waals surface area contributed by atoms with Crippen molar-refractivity contribution < 1.29 is 9.53 Å². The second-order valence-corrected chi connectivity index (χ2v) is 7.79. The summed E-state index contributed by atoms with van der Waals surface area (Å²) in [6.07, 6.45) is 4.78. The summed E-state index contributed by atoms with van der Waals surface area (Å²) in [6.45, 7) is 17.0. The zero-order valence-corrected chi connectivity index (χ0v) is 16.5. The van der Waals surface area contributed by atoms with Crippen LogP contribution >= 0.6 is 0 Å². The van der Waals surface area contributed by atoms with E-state index in [1.807, 2.05) is 0 Å². The van der Waals surface area contributed by atoms with Gasteiger partial charge in [-0.15, -0.1) is 0 Å². The molecule has 1 fully saturated rings. The highest BCUT2D eigenvalue weighted by molar-refractivity contribution is 5.79. The van der Waals surface area contributed by atoms with Gasteiger partial charge in [-0.05, 0) is 51.4 Å². The van der Waals surface area contributed by atoms with E-state index in [4.69, 9.17) is 4.74 Å².